The molecule has 0 spiro atoms. The van der Waals surface area contributed by atoms with Gasteiger partial charge in [0, 0.05) is 35.2 Å². The lowest BCUT2D eigenvalue weighted by Gasteiger charge is -2.33. The molecule has 5 nitrogen and oxygen atoms in total. The fraction of sp³-hybridized carbons (Fsp3) is 0.238. The molecule has 2 N–H and O–H groups in total. The molecule has 31 heavy (non-hydrogen) atoms. The second-order valence-corrected chi connectivity index (χ2v) is 8.34. The van der Waals surface area contributed by atoms with Gasteiger partial charge in [0.15, 0.2) is 5.69 Å². The molecule has 0 bridgehead atoms. The fourth-order valence-electron chi connectivity index (χ4n) is 3.89. The number of benzene rings is 2. The molecule has 1 aliphatic heterocycles. The molecule has 0 fully saturated rings. The van der Waals surface area contributed by atoms with Gasteiger partial charge in [-0.25, -0.2) is 4.68 Å². The van der Waals surface area contributed by atoms with Gasteiger partial charge in [0.05, 0.1) is 11.3 Å². The summed E-state index contributed by atoms with van der Waals surface area (Å²) in [6.07, 6.45) is -3.80. The van der Waals surface area contributed by atoms with Crippen LogP contribution >= 0.6 is 23.2 Å². The molecule has 0 radical (unpaired) electrons. The molecule has 1 atom stereocenters. The average Bonchev–Trinajstić information content (AvgIpc) is 3.15. The Hall–Kier alpha value is -2.55. The first-order valence-electron chi connectivity index (χ1n) is 9.28. The number of nitrogens with two attached hydrogens (primary N) is 1. The third-order valence-corrected chi connectivity index (χ3v) is 5.86. The molecule has 4 rings (SSSR count). The minimum atomic E-state index is -4.79. The first kappa shape index (κ1) is 21.7. The van der Waals surface area contributed by atoms with E-state index in [0.717, 1.165) is 34.1 Å². The van der Waals surface area contributed by atoms with Crippen LogP contribution in [-0.2, 0) is 12.7 Å². The molecule has 1 amide bonds. The number of aromatic nitrogens is 2. The number of amides is 1. The molecule has 10 heteroatoms. The van der Waals surface area contributed by atoms with Crippen LogP contribution < -0.4 is 5.73 Å². The topological polar surface area (TPSA) is 64.2 Å². The molecule has 1 aromatic heterocycles. The lowest BCUT2D eigenvalue weighted by molar-refractivity contribution is -0.141. The van der Waals surface area contributed by atoms with E-state index in [0.29, 0.717) is 22.3 Å². The summed E-state index contributed by atoms with van der Waals surface area (Å²) in [4.78, 5) is 13.6. The number of hydrogen-bond donors (Lipinski definition) is 1. The summed E-state index contributed by atoms with van der Waals surface area (Å²) in [6, 6.07) is 10.5. The maximum atomic E-state index is 13.2. The monoisotopic (exact) mass is 468 g/mol. The lowest BCUT2D eigenvalue weighted by Crippen LogP contribution is -2.31. The number of carbonyl (C=O) groups is 1. The highest BCUT2D eigenvalue weighted by Crippen LogP contribution is 2.38. The van der Waals surface area contributed by atoms with Crippen LogP contribution in [0, 0.1) is 0 Å². The lowest BCUT2D eigenvalue weighted by atomic mass is 9.85. The second-order valence-electron chi connectivity index (χ2n) is 7.49. The molecule has 0 saturated heterocycles. The zero-order chi connectivity index (χ0) is 22.5. The smallest absolute Gasteiger partial charge is 0.365 e. The summed E-state index contributed by atoms with van der Waals surface area (Å²) in [5, 5.41) is 4.68. The first-order valence-corrected chi connectivity index (χ1v) is 10.0. The number of halogens is 5. The zero-order valence-corrected chi connectivity index (χ0v) is 17.8. The summed E-state index contributed by atoms with van der Waals surface area (Å²) in [5.74, 6) is -1.20. The number of rotatable bonds is 3. The van der Waals surface area contributed by atoms with Crippen molar-refractivity contribution in [1.82, 2.24) is 14.7 Å². The molecule has 162 valence electrons. The van der Waals surface area contributed by atoms with E-state index < -0.39 is 23.3 Å². The first-order chi connectivity index (χ1) is 14.5. The van der Waals surface area contributed by atoms with Crippen molar-refractivity contribution in [2.75, 3.05) is 13.6 Å². The summed E-state index contributed by atoms with van der Waals surface area (Å²) in [7, 11) is 1.99. The van der Waals surface area contributed by atoms with E-state index >= 15 is 0 Å². The van der Waals surface area contributed by atoms with Gasteiger partial charge in [-0.1, -0.05) is 35.3 Å². The standard InChI is InChI=1S/C21H17Cl2F3N4O/c1-29-8-15(14-6-12(22)7-18(23)16(14)9-29)11-2-4-13(5-3-11)30-10-17(20(27)31)19(28-30)21(24,25)26/h2-7,10,15H,8-9H2,1H3,(H2,27,31). The van der Waals surface area contributed by atoms with Crippen molar-refractivity contribution in [3.63, 3.8) is 0 Å². The van der Waals surface area contributed by atoms with Gasteiger partial charge < -0.3 is 10.6 Å². The largest absolute Gasteiger partial charge is 0.435 e. The molecule has 2 aromatic carbocycles. The van der Waals surface area contributed by atoms with Gasteiger partial charge in [-0.05, 0) is 48.0 Å². The van der Waals surface area contributed by atoms with Crippen molar-refractivity contribution in [2.24, 2.45) is 5.73 Å². The Labute approximate surface area is 186 Å². The molecule has 0 aliphatic carbocycles. The minimum absolute atomic E-state index is 0.0106. The van der Waals surface area contributed by atoms with Crippen LogP contribution in [0.3, 0.4) is 0 Å². The highest BCUT2D eigenvalue weighted by atomic mass is 35.5. The number of nitrogens with zero attached hydrogens (tertiary/aromatic N) is 3. The normalized spacial score (nSPS) is 16.9. The summed E-state index contributed by atoms with van der Waals surface area (Å²) in [6.45, 7) is 1.43. The third-order valence-electron chi connectivity index (χ3n) is 5.30. The van der Waals surface area contributed by atoms with Crippen LogP contribution in [0.15, 0.2) is 42.6 Å². The summed E-state index contributed by atoms with van der Waals surface area (Å²) < 4.78 is 40.5. The summed E-state index contributed by atoms with van der Waals surface area (Å²) >= 11 is 12.6. The molecule has 1 aliphatic rings. The zero-order valence-electron chi connectivity index (χ0n) is 16.3. The maximum Gasteiger partial charge on any atom is 0.435 e. The number of primary amides is 1. The highest BCUT2D eigenvalue weighted by molar-refractivity contribution is 6.35. The van der Waals surface area contributed by atoms with E-state index in [2.05, 4.69) is 10.00 Å². The number of fused-ring (bicyclic) bond motifs is 1. The van der Waals surface area contributed by atoms with E-state index in [-0.39, 0.29) is 5.92 Å². The fourth-order valence-corrected chi connectivity index (χ4v) is 4.45. The van der Waals surface area contributed by atoms with Gasteiger partial charge in [-0.2, -0.15) is 18.3 Å². The third kappa shape index (κ3) is 4.15. The molecular formula is C21H17Cl2F3N4O. The van der Waals surface area contributed by atoms with Crippen molar-refractivity contribution < 1.29 is 18.0 Å². The van der Waals surface area contributed by atoms with Gasteiger partial charge in [0.25, 0.3) is 5.91 Å². The molecule has 0 saturated carbocycles. The minimum Gasteiger partial charge on any atom is -0.365 e. The van der Waals surface area contributed by atoms with Crippen LogP contribution in [0.1, 0.15) is 38.7 Å². The number of alkyl halides is 3. The SMILES string of the molecule is CN1Cc2c(Cl)cc(Cl)cc2C(c2ccc(-n3cc(C(N)=O)c(C(F)(F)F)n3)cc2)C1. The van der Waals surface area contributed by atoms with Gasteiger partial charge >= 0.3 is 6.18 Å². The van der Waals surface area contributed by atoms with Gasteiger partial charge in [0.2, 0.25) is 0 Å². The van der Waals surface area contributed by atoms with Crippen LogP contribution in [0.5, 0.6) is 0 Å². The van der Waals surface area contributed by atoms with Crippen LogP contribution in [0.4, 0.5) is 13.2 Å². The van der Waals surface area contributed by atoms with Gasteiger partial charge in [-0.3, -0.25) is 4.79 Å². The Morgan fingerprint density at radius 2 is 1.87 bits per heavy atom. The van der Waals surface area contributed by atoms with E-state index in [1.807, 2.05) is 25.2 Å². The predicted octanol–water partition coefficient (Wildman–Crippen LogP) is 4.87. The Balaban J connectivity index is 1.72. The van der Waals surface area contributed by atoms with E-state index in [4.69, 9.17) is 28.9 Å². The van der Waals surface area contributed by atoms with Crippen LogP contribution in [-0.4, -0.2) is 34.2 Å². The molecular weight excluding hydrogens is 452 g/mol. The van der Waals surface area contributed by atoms with E-state index in [9.17, 15) is 18.0 Å². The average molecular weight is 469 g/mol. The van der Waals surface area contributed by atoms with Crippen molar-refractivity contribution in [3.8, 4) is 5.69 Å². The van der Waals surface area contributed by atoms with Gasteiger partial charge in [-0.15, -0.1) is 0 Å². The Bertz CT molecular complexity index is 1160. The predicted molar refractivity (Wildman–Crippen MR) is 112 cm³/mol. The Kier molecular flexibility index (Phi) is 5.49. The second kappa shape index (κ2) is 7.85. The van der Waals surface area contributed by atoms with Crippen molar-refractivity contribution in [1.29, 1.82) is 0 Å². The number of likely N-dealkylation sites (N-methyl/N-ethyl adjacent to an activating group) is 1. The van der Waals surface area contributed by atoms with Gasteiger partial charge in [0.1, 0.15) is 0 Å². The van der Waals surface area contributed by atoms with Crippen LogP contribution in [0.2, 0.25) is 10.0 Å². The molecule has 3 aromatic rings. The molecule has 1 unspecified atom stereocenters. The van der Waals surface area contributed by atoms with Crippen LogP contribution in [0.25, 0.3) is 5.69 Å². The Morgan fingerprint density at radius 3 is 2.45 bits per heavy atom. The van der Waals surface area contributed by atoms with Crippen molar-refractivity contribution >= 4 is 29.1 Å². The number of hydrogen-bond acceptors (Lipinski definition) is 3. The summed E-state index contributed by atoms with van der Waals surface area (Å²) in [5.41, 5.74) is 6.45. The van der Waals surface area contributed by atoms with E-state index in [1.54, 1.807) is 18.2 Å². The van der Waals surface area contributed by atoms with Crippen molar-refractivity contribution in [3.05, 3.63) is 80.6 Å². The maximum absolute atomic E-state index is 13.2. The number of carbonyl (C=O) groups excluding carboxylic acids is 1. The van der Waals surface area contributed by atoms with Crippen molar-refractivity contribution in [2.45, 2.75) is 18.6 Å². The van der Waals surface area contributed by atoms with E-state index in [1.165, 1.54) is 0 Å². The Morgan fingerprint density at radius 1 is 1.19 bits per heavy atom. The quantitative estimate of drug-likeness (QED) is 0.595. The molecule has 2 heterocycles. The highest BCUT2D eigenvalue weighted by Gasteiger charge is 2.39.